The maximum absolute atomic E-state index is 13.1. The number of piperidine rings is 2. The van der Waals surface area contributed by atoms with E-state index in [1.54, 1.807) is 45.5 Å². The van der Waals surface area contributed by atoms with Gasteiger partial charge in [0.1, 0.15) is 22.9 Å². The van der Waals surface area contributed by atoms with Crippen LogP contribution in [-0.4, -0.2) is 79.4 Å². The van der Waals surface area contributed by atoms with E-state index < -0.39 is 0 Å². The molecule has 2 saturated heterocycles. The number of aromatic nitrogens is 4. The number of aryl methyl sites for hydroxylation is 2. The lowest BCUT2D eigenvalue weighted by molar-refractivity contribution is 0.0834. The quantitative estimate of drug-likeness (QED) is 0.144. The minimum Gasteiger partial charge on any atom is -0.303 e. The number of pyridine rings is 2. The number of hydrogen-bond donors (Lipinski definition) is 0. The second-order valence-electron chi connectivity index (χ2n) is 15.3. The van der Waals surface area contributed by atoms with Crippen molar-refractivity contribution in [1.82, 2.24) is 28.6 Å². The largest absolute Gasteiger partial charge is 0.303 e. The Morgan fingerprint density at radius 2 is 0.931 bits per heavy atom. The van der Waals surface area contributed by atoms with Crippen LogP contribution in [0.3, 0.4) is 0 Å². The second-order valence-corrected chi connectivity index (χ2v) is 15.3. The first kappa shape index (κ1) is 40.5. The Kier molecular flexibility index (Phi) is 12.7. The van der Waals surface area contributed by atoms with Crippen LogP contribution in [0.5, 0.6) is 0 Å². The Labute approximate surface area is 335 Å². The maximum atomic E-state index is 13.1. The summed E-state index contributed by atoms with van der Waals surface area (Å²) in [6, 6.07) is 22.7. The van der Waals surface area contributed by atoms with Crippen LogP contribution in [0.1, 0.15) is 68.9 Å². The average molecular weight is 787 g/mol. The predicted octanol–water partition coefficient (Wildman–Crippen LogP) is 6.56. The lowest BCUT2D eigenvalue weighted by Gasteiger charge is -2.31. The highest BCUT2D eigenvalue weighted by Gasteiger charge is 2.27. The van der Waals surface area contributed by atoms with Crippen molar-refractivity contribution in [2.24, 2.45) is 11.8 Å². The standard InChI is InChI=1S/2C23H24FN3O2/c2*1-16-20(23(29)27-12-3-2-4-21(27)25-16)11-15-26-13-9-18(10-14-26)22(28)17-5-7-19(24)8-6-17/h2*2-8,12,18H,9-11,13-15H2,1H3. The molecule has 0 radical (unpaired) electrons. The van der Waals surface area contributed by atoms with Gasteiger partial charge >= 0.3 is 0 Å². The van der Waals surface area contributed by atoms with Gasteiger partial charge in [0.2, 0.25) is 0 Å². The SMILES string of the molecule is Cc1nc2ccccn2c(=O)c1CCN1CCC(C(=O)c2ccc(F)cc2)CC1.Cc1nc2ccccn2c(=O)c1CCN1CCC(C(=O)c2ccc(F)cc2)CC1. The number of carbonyl (C=O) groups excluding carboxylic acids is 2. The topological polar surface area (TPSA) is 109 Å². The highest BCUT2D eigenvalue weighted by Crippen LogP contribution is 2.24. The Bertz CT molecular complexity index is 2340. The second kappa shape index (κ2) is 18.3. The molecule has 58 heavy (non-hydrogen) atoms. The third-order valence-corrected chi connectivity index (χ3v) is 11.6. The van der Waals surface area contributed by atoms with E-state index in [9.17, 15) is 28.0 Å². The van der Waals surface area contributed by atoms with Crippen molar-refractivity contribution >= 4 is 22.9 Å². The van der Waals surface area contributed by atoms with E-state index in [1.807, 2.05) is 50.2 Å². The molecule has 8 rings (SSSR count). The van der Waals surface area contributed by atoms with Crippen molar-refractivity contribution in [2.45, 2.75) is 52.4 Å². The Hall–Kier alpha value is -5.72. The van der Waals surface area contributed by atoms with Crippen LogP contribution in [0.25, 0.3) is 11.3 Å². The molecule has 6 heterocycles. The molecular weight excluding hydrogens is 739 g/mol. The first-order valence-electron chi connectivity index (χ1n) is 20.0. The molecule has 2 fully saturated rings. The van der Waals surface area contributed by atoms with Crippen molar-refractivity contribution in [2.75, 3.05) is 39.3 Å². The Morgan fingerprint density at radius 1 is 0.569 bits per heavy atom. The Balaban J connectivity index is 0.000000177. The fourth-order valence-corrected chi connectivity index (χ4v) is 8.13. The first-order valence-corrected chi connectivity index (χ1v) is 20.0. The van der Waals surface area contributed by atoms with Gasteiger partial charge in [-0.15, -0.1) is 0 Å². The van der Waals surface area contributed by atoms with Crippen LogP contribution in [0.4, 0.5) is 8.78 Å². The minimum atomic E-state index is -0.328. The van der Waals surface area contributed by atoms with E-state index in [4.69, 9.17) is 0 Å². The molecule has 12 heteroatoms. The molecule has 300 valence electrons. The number of nitrogens with zero attached hydrogens (tertiary/aromatic N) is 6. The molecule has 2 aliphatic rings. The molecule has 4 aromatic heterocycles. The molecule has 2 aromatic carbocycles. The van der Waals surface area contributed by atoms with Crippen molar-refractivity contribution in [3.05, 3.63) is 163 Å². The molecule has 0 bridgehead atoms. The molecule has 0 atom stereocenters. The van der Waals surface area contributed by atoms with Gasteiger partial charge in [-0.3, -0.25) is 28.0 Å². The van der Waals surface area contributed by atoms with Crippen molar-refractivity contribution in [3.8, 4) is 0 Å². The van der Waals surface area contributed by atoms with Crippen LogP contribution in [-0.2, 0) is 12.8 Å². The van der Waals surface area contributed by atoms with Gasteiger partial charge in [0, 0.05) is 71.0 Å². The summed E-state index contributed by atoms with van der Waals surface area (Å²) in [5.74, 6) is -0.510. The van der Waals surface area contributed by atoms with Crippen molar-refractivity contribution in [3.63, 3.8) is 0 Å². The summed E-state index contributed by atoms with van der Waals surface area (Å²) in [5.41, 5.74) is 5.54. The van der Waals surface area contributed by atoms with Crippen LogP contribution < -0.4 is 11.1 Å². The number of likely N-dealkylation sites (tertiary alicyclic amines) is 2. The summed E-state index contributed by atoms with van der Waals surface area (Å²) in [6.45, 7) is 8.59. The number of halogens is 2. The highest BCUT2D eigenvalue weighted by atomic mass is 19.1. The molecular formula is C46H48F2N6O4. The lowest BCUT2D eigenvalue weighted by atomic mass is 9.89. The lowest BCUT2D eigenvalue weighted by Crippen LogP contribution is -2.38. The number of carbonyl (C=O) groups is 2. The molecule has 0 N–H and O–H groups in total. The van der Waals surface area contributed by atoms with Crippen molar-refractivity contribution < 1.29 is 18.4 Å². The number of benzene rings is 2. The zero-order valence-electron chi connectivity index (χ0n) is 32.9. The maximum Gasteiger partial charge on any atom is 0.261 e. The van der Waals surface area contributed by atoms with Gasteiger partial charge in [-0.05, 0) is 151 Å². The minimum absolute atomic E-state index is 0.00512. The number of Topliss-reactive ketones (excluding diaryl/α,β-unsaturated/α-hetero) is 2. The summed E-state index contributed by atoms with van der Waals surface area (Å²) >= 11 is 0. The fourth-order valence-electron chi connectivity index (χ4n) is 8.13. The molecule has 0 unspecified atom stereocenters. The van der Waals surface area contributed by atoms with Crippen molar-refractivity contribution in [1.29, 1.82) is 0 Å². The number of ketones is 2. The fraction of sp³-hybridized carbons (Fsp3) is 0.348. The smallest absolute Gasteiger partial charge is 0.261 e. The summed E-state index contributed by atoms with van der Waals surface area (Å²) < 4.78 is 29.3. The van der Waals surface area contributed by atoms with E-state index in [0.717, 1.165) is 87.5 Å². The third-order valence-electron chi connectivity index (χ3n) is 11.6. The number of hydrogen-bond acceptors (Lipinski definition) is 8. The van der Waals surface area contributed by atoms with Gasteiger partial charge in [0.25, 0.3) is 11.1 Å². The summed E-state index contributed by atoms with van der Waals surface area (Å²) in [4.78, 5) is 64.5. The van der Waals surface area contributed by atoms with E-state index in [2.05, 4.69) is 19.8 Å². The molecule has 0 saturated carbocycles. The summed E-state index contributed by atoms with van der Waals surface area (Å²) in [6.07, 6.45) is 7.92. The highest BCUT2D eigenvalue weighted by molar-refractivity contribution is 5.98. The molecule has 6 aromatic rings. The van der Waals surface area contributed by atoms with Crippen LogP contribution in [0.2, 0.25) is 0 Å². The Morgan fingerprint density at radius 3 is 1.29 bits per heavy atom. The van der Waals surface area contributed by atoms with Gasteiger partial charge in [-0.2, -0.15) is 0 Å². The van der Waals surface area contributed by atoms with E-state index >= 15 is 0 Å². The average Bonchev–Trinajstić information content (AvgIpc) is 3.24. The molecule has 0 aliphatic carbocycles. The monoisotopic (exact) mass is 786 g/mol. The van der Waals surface area contributed by atoms with Crippen LogP contribution in [0, 0.1) is 37.3 Å². The predicted molar refractivity (Wildman–Crippen MR) is 220 cm³/mol. The summed E-state index contributed by atoms with van der Waals surface area (Å²) in [5, 5.41) is 0. The van der Waals surface area contributed by atoms with Gasteiger partial charge < -0.3 is 9.80 Å². The molecule has 2 aliphatic heterocycles. The van der Waals surface area contributed by atoms with E-state index in [1.165, 1.54) is 24.3 Å². The van der Waals surface area contributed by atoms with Gasteiger partial charge in [-0.25, -0.2) is 18.7 Å². The van der Waals surface area contributed by atoms with E-state index in [0.29, 0.717) is 35.3 Å². The van der Waals surface area contributed by atoms with Gasteiger partial charge in [0.15, 0.2) is 11.6 Å². The zero-order chi connectivity index (χ0) is 40.8. The molecule has 0 spiro atoms. The summed E-state index contributed by atoms with van der Waals surface area (Å²) in [7, 11) is 0. The van der Waals surface area contributed by atoms with E-state index in [-0.39, 0.29) is 46.2 Å². The number of rotatable bonds is 10. The normalized spacial score (nSPS) is 15.7. The number of fused-ring (bicyclic) bond motifs is 2. The molecule has 0 amide bonds. The first-order chi connectivity index (χ1) is 28.0. The third kappa shape index (κ3) is 9.35. The zero-order valence-corrected chi connectivity index (χ0v) is 32.9. The van der Waals surface area contributed by atoms with Crippen LogP contribution >= 0.6 is 0 Å². The molecule has 10 nitrogen and oxygen atoms in total. The van der Waals surface area contributed by atoms with Gasteiger partial charge in [-0.1, -0.05) is 12.1 Å². The van der Waals surface area contributed by atoms with Gasteiger partial charge in [0.05, 0.1) is 0 Å². The van der Waals surface area contributed by atoms with Crippen LogP contribution in [0.15, 0.2) is 107 Å².